The SMILES string of the molecule is N#Cc1ccc(N(c2ccc(C#N)cc2)c2ccc(C=Cc3cc4ccc5cccc6c5c4c(c3)n6-c3ccccc3)c3ccccc23)cc1. The summed E-state index contributed by atoms with van der Waals surface area (Å²) in [6.45, 7) is 0. The summed E-state index contributed by atoms with van der Waals surface area (Å²) in [7, 11) is 0. The van der Waals surface area contributed by atoms with Crippen LogP contribution in [0.25, 0.3) is 61.2 Å². The summed E-state index contributed by atoms with van der Waals surface area (Å²) in [5.74, 6) is 0. The maximum atomic E-state index is 9.44. The van der Waals surface area contributed by atoms with E-state index < -0.39 is 0 Å². The van der Waals surface area contributed by atoms with Crippen LogP contribution in [0.4, 0.5) is 17.1 Å². The van der Waals surface area contributed by atoms with Gasteiger partial charge in [-0.1, -0.05) is 84.9 Å². The molecule has 0 unspecified atom stereocenters. The highest BCUT2D eigenvalue weighted by atomic mass is 15.1. The summed E-state index contributed by atoms with van der Waals surface area (Å²) in [5, 5.41) is 26.2. The van der Waals surface area contributed by atoms with Crippen molar-refractivity contribution in [2.45, 2.75) is 0 Å². The molecule has 0 atom stereocenters. The van der Waals surface area contributed by atoms with Gasteiger partial charge in [0.1, 0.15) is 0 Å². The van der Waals surface area contributed by atoms with Crippen molar-refractivity contribution in [2.75, 3.05) is 4.90 Å². The third-order valence-electron chi connectivity index (χ3n) is 9.57. The summed E-state index contributed by atoms with van der Waals surface area (Å²) in [4.78, 5) is 2.18. The van der Waals surface area contributed by atoms with E-state index in [1.165, 1.54) is 32.6 Å². The quantitative estimate of drug-likeness (QED) is 0.135. The van der Waals surface area contributed by atoms with Crippen LogP contribution in [0.2, 0.25) is 0 Å². The zero-order valence-corrected chi connectivity index (χ0v) is 27.0. The largest absolute Gasteiger partial charge is 0.310 e. The molecule has 0 fully saturated rings. The van der Waals surface area contributed by atoms with Crippen molar-refractivity contribution in [1.29, 1.82) is 10.5 Å². The minimum Gasteiger partial charge on any atom is -0.310 e. The van der Waals surface area contributed by atoms with Gasteiger partial charge in [-0.25, -0.2) is 0 Å². The van der Waals surface area contributed by atoms with Gasteiger partial charge in [0.25, 0.3) is 0 Å². The van der Waals surface area contributed by atoms with Gasteiger partial charge in [-0.15, -0.1) is 0 Å². The van der Waals surface area contributed by atoms with Gasteiger partial charge in [0.2, 0.25) is 0 Å². The van der Waals surface area contributed by atoms with E-state index in [1.54, 1.807) is 0 Å². The predicted octanol–water partition coefficient (Wildman–Crippen LogP) is 11.9. The number of nitriles is 2. The molecule has 0 spiro atoms. The molecular weight excluding hydrogens is 609 g/mol. The molecule has 0 amide bonds. The monoisotopic (exact) mass is 636 g/mol. The van der Waals surface area contributed by atoms with Crippen LogP contribution in [0.5, 0.6) is 0 Å². The lowest BCUT2D eigenvalue weighted by Crippen LogP contribution is -2.10. The fraction of sp³-hybridized carbons (Fsp3) is 0. The van der Waals surface area contributed by atoms with Crippen LogP contribution >= 0.6 is 0 Å². The van der Waals surface area contributed by atoms with E-state index in [-0.39, 0.29) is 0 Å². The van der Waals surface area contributed by atoms with Gasteiger partial charge in [-0.2, -0.15) is 10.5 Å². The highest BCUT2D eigenvalue weighted by molar-refractivity contribution is 6.24. The Morgan fingerprint density at radius 2 is 1.14 bits per heavy atom. The minimum absolute atomic E-state index is 0.603. The number of hydrogen-bond donors (Lipinski definition) is 0. The van der Waals surface area contributed by atoms with Crippen LogP contribution in [0, 0.1) is 22.7 Å². The number of fused-ring (bicyclic) bond motifs is 1. The Labute approximate surface area is 289 Å². The fourth-order valence-corrected chi connectivity index (χ4v) is 7.30. The average Bonchev–Trinajstić information content (AvgIpc) is 3.52. The number of benzene rings is 8. The summed E-state index contributed by atoms with van der Waals surface area (Å²) in [6.07, 6.45) is 4.42. The van der Waals surface area contributed by atoms with Gasteiger partial charge in [0, 0.05) is 33.2 Å². The van der Waals surface area contributed by atoms with Gasteiger partial charge in [-0.3, -0.25) is 0 Å². The van der Waals surface area contributed by atoms with Crippen molar-refractivity contribution in [3.05, 3.63) is 180 Å². The number of para-hydroxylation sites is 1. The van der Waals surface area contributed by atoms with Crippen LogP contribution in [0.1, 0.15) is 22.3 Å². The predicted molar refractivity (Wildman–Crippen MR) is 206 cm³/mol. The summed E-state index contributed by atoms with van der Waals surface area (Å²) >= 11 is 0. The van der Waals surface area contributed by atoms with Crippen LogP contribution in [0.3, 0.4) is 0 Å². The standard InChI is InChI=1S/C46H28N4/c47-29-31-14-22-38(23-15-31)49(39-24-16-32(30-48)17-25-39)42-26-21-34(40-10-4-5-11-41(40)42)18-13-33-27-36-20-19-35-7-6-12-43-45(35)46(36)44(28-33)50(43)37-8-2-1-3-9-37/h1-28H. The molecular formula is C46H28N4. The lowest BCUT2D eigenvalue weighted by molar-refractivity contribution is 1.18. The molecule has 0 saturated heterocycles. The highest BCUT2D eigenvalue weighted by Gasteiger charge is 2.18. The Morgan fingerprint density at radius 1 is 0.500 bits per heavy atom. The number of rotatable bonds is 6. The highest BCUT2D eigenvalue weighted by Crippen LogP contribution is 2.42. The molecule has 0 N–H and O–H groups in total. The van der Waals surface area contributed by atoms with Crippen molar-refractivity contribution in [3.8, 4) is 17.8 Å². The number of anilines is 3. The zero-order valence-electron chi connectivity index (χ0n) is 27.0. The first kappa shape index (κ1) is 29.0. The Kier molecular flexibility index (Phi) is 6.87. The fourth-order valence-electron chi connectivity index (χ4n) is 7.30. The van der Waals surface area contributed by atoms with Crippen molar-refractivity contribution < 1.29 is 0 Å². The molecule has 4 nitrogen and oxygen atoms in total. The molecule has 9 aromatic rings. The Bertz CT molecular complexity index is 2750. The molecule has 0 aliphatic carbocycles. The number of aromatic nitrogens is 1. The normalized spacial score (nSPS) is 11.5. The smallest absolute Gasteiger partial charge is 0.0991 e. The average molecular weight is 637 g/mol. The Morgan fingerprint density at radius 3 is 1.84 bits per heavy atom. The molecule has 0 saturated carbocycles. The number of hydrogen-bond acceptors (Lipinski definition) is 3. The van der Waals surface area contributed by atoms with Gasteiger partial charge >= 0.3 is 0 Å². The Balaban J connectivity index is 1.18. The molecule has 0 radical (unpaired) electrons. The molecule has 1 heterocycles. The van der Waals surface area contributed by atoms with Gasteiger partial charge in [-0.05, 0) is 112 Å². The van der Waals surface area contributed by atoms with E-state index in [1.807, 2.05) is 48.5 Å². The molecule has 0 aliphatic heterocycles. The summed E-state index contributed by atoms with van der Waals surface area (Å²) < 4.78 is 2.38. The van der Waals surface area contributed by atoms with E-state index >= 15 is 0 Å². The van der Waals surface area contributed by atoms with E-state index in [4.69, 9.17) is 0 Å². The maximum Gasteiger partial charge on any atom is 0.0991 e. The topological polar surface area (TPSA) is 55.8 Å². The molecule has 9 rings (SSSR count). The zero-order chi connectivity index (χ0) is 33.6. The van der Waals surface area contributed by atoms with Crippen molar-refractivity contribution in [3.63, 3.8) is 0 Å². The third-order valence-corrected chi connectivity index (χ3v) is 9.57. The first-order chi connectivity index (χ1) is 24.7. The van der Waals surface area contributed by atoms with Gasteiger partial charge in [0.15, 0.2) is 0 Å². The molecule has 8 aromatic carbocycles. The number of nitrogens with zero attached hydrogens (tertiary/aromatic N) is 4. The molecule has 232 valence electrons. The van der Waals surface area contributed by atoms with E-state index in [2.05, 4.69) is 143 Å². The van der Waals surface area contributed by atoms with Crippen LogP contribution < -0.4 is 4.90 Å². The second kappa shape index (κ2) is 11.8. The Hall–Kier alpha value is -7.14. The molecule has 50 heavy (non-hydrogen) atoms. The van der Waals surface area contributed by atoms with Crippen molar-refractivity contribution >= 4 is 72.6 Å². The van der Waals surface area contributed by atoms with Crippen LogP contribution in [-0.2, 0) is 0 Å². The summed E-state index contributed by atoms with van der Waals surface area (Å²) in [5.41, 5.74) is 9.86. The van der Waals surface area contributed by atoms with Crippen LogP contribution in [-0.4, -0.2) is 4.57 Å². The lowest BCUT2D eigenvalue weighted by Gasteiger charge is -2.27. The minimum atomic E-state index is 0.603. The second-order valence-electron chi connectivity index (χ2n) is 12.5. The lowest BCUT2D eigenvalue weighted by atomic mass is 9.98. The third kappa shape index (κ3) is 4.75. The molecule has 0 bridgehead atoms. The van der Waals surface area contributed by atoms with Crippen molar-refractivity contribution in [1.82, 2.24) is 4.57 Å². The van der Waals surface area contributed by atoms with Gasteiger partial charge in [0.05, 0.1) is 40.0 Å². The first-order valence-corrected chi connectivity index (χ1v) is 16.6. The van der Waals surface area contributed by atoms with Crippen LogP contribution in [0.15, 0.2) is 158 Å². The molecule has 4 heteroatoms. The molecule has 0 aliphatic rings. The van der Waals surface area contributed by atoms with E-state index in [0.717, 1.165) is 44.6 Å². The maximum absolute atomic E-state index is 9.44. The van der Waals surface area contributed by atoms with E-state index in [0.29, 0.717) is 11.1 Å². The van der Waals surface area contributed by atoms with E-state index in [9.17, 15) is 10.5 Å². The first-order valence-electron chi connectivity index (χ1n) is 16.6. The van der Waals surface area contributed by atoms with Crippen molar-refractivity contribution in [2.24, 2.45) is 0 Å². The molecule has 1 aromatic heterocycles. The second-order valence-corrected chi connectivity index (χ2v) is 12.5. The van der Waals surface area contributed by atoms with Gasteiger partial charge < -0.3 is 9.47 Å². The summed E-state index contributed by atoms with van der Waals surface area (Å²) in [6, 6.07) is 58.7.